The highest BCUT2D eigenvalue weighted by Crippen LogP contribution is 2.40. The van der Waals surface area contributed by atoms with E-state index in [1.807, 2.05) is 43.2 Å². The standard InChI is InChI=1S/C44H86N2S5/c1-3-5-7-9-11-13-15-17-19-21-23-25-27-29-31-33-35-37-39-41-47-50-43-45-46-44(49-43)51-48-42-40-38-36-34-32-30-28-26-24-22-20-18-16-14-12-10-8-6-4-2/h3-42H2,1-2H3. The van der Waals surface area contributed by atoms with Crippen LogP contribution in [0.1, 0.15) is 258 Å². The second-order valence-electron chi connectivity index (χ2n) is 15.4. The second kappa shape index (κ2) is 43.7. The van der Waals surface area contributed by atoms with Crippen molar-refractivity contribution in [3.05, 3.63) is 0 Å². The Labute approximate surface area is 340 Å². The zero-order valence-corrected chi connectivity index (χ0v) is 38.3. The third kappa shape index (κ3) is 39.0. The van der Waals surface area contributed by atoms with Crippen LogP contribution in [-0.4, -0.2) is 21.7 Å². The molecule has 0 aromatic carbocycles. The first-order chi connectivity index (χ1) is 25.4. The van der Waals surface area contributed by atoms with Gasteiger partial charge in [0.2, 0.25) is 0 Å². The molecule has 0 saturated carbocycles. The van der Waals surface area contributed by atoms with Crippen LogP contribution in [0.4, 0.5) is 0 Å². The van der Waals surface area contributed by atoms with Crippen molar-refractivity contribution in [2.45, 2.75) is 267 Å². The molecule has 0 atom stereocenters. The quantitative estimate of drug-likeness (QED) is 0.0482. The van der Waals surface area contributed by atoms with E-state index in [1.165, 1.54) is 255 Å². The molecular weight excluding hydrogens is 717 g/mol. The maximum absolute atomic E-state index is 4.42. The van der Waals surface area contributed by atoms with Crippen LogP contribution >= 0.6 is 54.5 Å². The van der Waals surface area contributed by atoms with Crippen molar-refractivity contribution >= 4 is 54.5 Å². The number of hydrogen-bond acceptors (Lipinski definition) is 7. The number of nitrogens with zero attached hydrogens (tertiary/aromatic N) is 2. The summed E-state index contributed by atoms with van der Waals surface area (Å²) < 4.78 is 2.26. The lowest BCUT2D eigenvalue weighted by Gasteiger charge is -2.04. The van der Waals surface area contributed by atoms with Crippen LogP contribution in [0, 0.1) is 0 Å². The summed E-state index contributed by atoms with van der Waals surface area (Å²) in [5.41, 5.74) is 0. The van der Waals surface area contributed by atoms with E-state index < -0.39 is 0 Å². The third-order valence-electron chi connectivity index (χ3n) is 10.3. The number of aromatic nitrogens is 2. The van der Waals surface area contributed by atoms with Gasteiger partial charge in [0.05, 0.1) is 0 Å². The van der Waals surface area contributed by atoms with Crippen molar-refractivity contribution in [2.75, 3.05) is 11.5 Å². The van der Waals surface area contributed by atoms with Gasteiger partial charge in [-0.05, 0) is 34.4 Å². The summed E-state index contributed by atoms with van der Waals surface area (Å²) in [4.78, 5) is 0. The Morgan fingerprint density at radius 2 is 0.490 bits per heavy atom. The van der Waals surface area contributed by atoms with Crippen molar-refractivity contribution in [1.29, 1.82) is 0 Å². The normalized spacial score (nSPS) is 11.6. The highest BCUT2D eigenvalue weighted by Gasteiger charge is 2.07. The van der Waals surface area contributed by atoms with E-state index in [0.29, 0.717) is 0 Å². The number of hydrogen-bond donors (Lipinski definition) is 0. The molecular formula is C44H86N2S5. The molecule has 0 aliphatic heterocycles. The van der Waals surface area contributed by atoms with E-state index in [0.717, 1.165) is 8.68 Å². The van der Waals surface area contributed by atoms with E-state index in [1.54, 1.807) is 11.3 Å². The molecule has 0 aliphatic carbocycles. The first kappa shape index (κ1) is 50.0. The van der Waals surface area contributed by atoms with Gasteiger partial charge >= 0.3 is 0 Å². The van der Waals surface area contributed by atoms with E-state index in [4.69, 9.17) is 0 Å². The molecule has 51 heavy (non-hydrogen) atoms. The van der Waals surface area contributed by atoms with E-state index in [9.17, 15) is 0 Å². The molecule has 0 radical (unpaired) electrons. The zero-order valence-electron chi connectivity index (χ0n) is 34.2. The predicted molar refractivity (Wildman–Crippen MR) is 243 cm³/mol. The Kier molecular flexibility index (Phi) is 42.8. The van der Waals surface area contributed by atoms with Gasteiger partial charge in [-0.2, -0.15) is 0 Å². The smallest absolute Gasteiger partial charge is 0.130 e. The molecule has 0 unspecified atom stereocenters. The minimum absolute atomic E-state index is 1.13. The molecule has 0 saturated heterocycles. The molecule has 0 N–H and O–H groups in total. The molecule has 0 fully saturated rings. The molecule has 1 heterocycles. The lowest BCUT2D eigenvalue weighted by atomic mass is 10.0. The van der Waals surface area contributed by atoms with Crippen LogP contribution in [0.3, 0.4) is 0 Å². The van der Waals surface area contributed by atoms with E-state index in [-0.39, 0.29) is 0 Å². The van der Waals surface area contributed by atoms with Crippen LogP contribution < -0.4 is 0 Å². The van der Waals surface area contributed by atoms with E-state index in [2.05, 4.69) is 24.0 Å². The zero-order chi connectivity index (χ0) is 36.4. The summed E-state index contributed by atoms with van der Waals surface area (Å²) in [7, 11) is 7.62. The van der Waals surface area contributed by atoms with Crippen LogP contribution in [-0.2, 0) is 0 Å². The van der Waals surface area contributed by atoms with Gasteiger partial charge in [0, 0.05) is 11.5 Å². The van der Waals surface area contributed by atoms with Crippen LogP contribution in [0.2, 0.25) is 0 Å². The van der Waals surface area contributed by atoms with Gasteiger partial charge in [-0.1, -0.05) is 278 Å². The maximum Gasteiger partial charge on any atom is 0.185 e. The fourth-order valence-electron chi connectivity index (χ4n) is 6.93. The van der Waals surface area contributed by atoms with Gasteiger partial charge in [-0.25, -0.2) is 0 Å². The molecule has 0 bridgehead atoms. The average molecular weight is 804 g/mol. The third-order valence-corrected chi connectivity index (χ3v) is 16.7. The molecule has 302 valence electrons. The average Bonchev–Trinajstić information content (AvgIpc) is 3.60. The molecule has 0 spiro atoms. The van der Waals surface area contributed by atoms with Gasteiger partial charge in [-0.3, -0.25) is 0 Å². The minimum Gasteiger partial charge on any atom is -0.130 e. The second-order valence-corrected chi connectivity index (χ2v) is 21.7. The SMILES string of the molecule is CCCCCCCCCCCCCCCCCCCCCSSc1nnc(SSCCCCCCCCCCCCCCCCCCCCC)s1. The monoisotopic (exact) mass is 803 g/mol. The Morgan fingerprint density at radius 1 is 0.294 bits per heavy atom. The largest absolute Gasteiger partial charge is 0.185 e. The van der Waals surface area contributed by atoms with Gasteiger partial charge < -0.3 is 0 Å². The van der Waals surface area contributed by atoms with E-state index >= 15 is 0 Å². The molecule has 0 amide bonds. The summed E-state index contributed by atoms with van der Waals surface area (Å²) >= 11 is 1.78. The van der Waals surface area contributed by atoms with Crippen LogP contribution in [0.25, 0.3) is 0 Å². The topological polar surface area (TPSA) is 25.8 Å². The lowest BCUT2D eigenvalue weighted by molar-refractivity contribution is 0.525. The van der Waals surface area contributed by atoms with Gasteiger partial charge in [-0.15, -0.1) is 10.2 Å². The highest BCUT2D eigenvalue weighted by molar-refractivity contribution is 8.77. The van der Waals surface area contributed by atoms with Crippen molar-refractivity contribution in [2.24, 2.45) is 0 Å². The Bertz CT molecular complexity index is 716. The predicted octanol–water partition coefficient (Wildman–Crippen LogP) is 18.9. The van der Waals surface area contributed by atoms with Gasteiger partial charge in [0.25, 0.3) is 0 Å². The Hall–Kier alpha value is 0.960. The summed E-state index contributed by atoms with van der Waals surface area (Å²) in [5.74, 6) is 2.47. The first-order valence-electron chi connectivity index (χ1n) is 22.8. The number of unbranched alkanes of at least 4 members (excludes halogenated alkanes) is 36. The molecule has 1 aromatic rings. The lowest BCUT2D eigenvalue weighted by Crippen LogP contribution is -1.84. The summed E-state index contributed by atoms with van der Waals surface area (Å²) in [6.07, 6.45) is 54.9. The first-order valence-corrected chi connectivity index (χ1v) is 28.2. The number of rotatable bonds is 44. The fraction of sp³-hybridized carbons (Fsp3) is 0.955. The summed E-state index contributed by atoms with van der Waals surface area (Å²) in [6, 6.07) is 0. The molecule has 1 rings (SSSR count). The molecule has 0 aliphatic rings. The van der Waals surface area contributed by atoms with Crippen LogP contribution in [0.5, 0.6) is 0 Å². The summed E-state index contributed by atoms with van der Waals surface area (Å²) in [5, 5.41) is 8.84. The van der Waals surface area contributed by atoms with Crippen molar-refractivity contribution < 1.29 is 0 Å². The van der Waals surface area contributed by atoms with Crippen molar-refractivity contribution in [3.8, 4) is 0 Å². The maximum atomic E-state index is 4.42. The van der Waals surface area contributed by atoms with Gasteiger partial charge in [0.1, 0.15) is 0 Å². The van der Waals surface area contributed by atoms with Crippen LogP contribution in [0.15, 0.2) is 8.68 Å². The van der Waals surface area contributed by atoms with Crippen molar-refractivity contribution in [3.63, 3.8) is 0 Å². The Balaban J connectivity index is 1.74. The molecule has 7 heteroatoms. The Morgan fingerprint density at radius 3 is 0.706 bits per heavy atom. The van der Waals surface area contributed by atoms with Crippen molar-refractivity contribution in [1.82, 2.24) is 10.2 Å². The minimum atomic E-state index is 1.13. The highest BCUT2D eigenvalue weighted by atomic mass is 33.1. The molecule has 1 aromatic heterocycles. The fourth-order valence-corrected chi connectivity index (χ4v) is 12.8. The molecule has 2 nitrogen and oxygen atoms in total. The summed E-state index contributed by atoms with van der Waals surface area (Å²) in [6.45, 7) is 4.61. The van der Waals surface area contributed by atoms with Gasteiger partial charge in [0.15, 0.2) is 8.68 Å².